The van der Waals surface area contributed by atoms with E-state index in [1.807, 2.05) is 6.92 Å². The molecule has 1 aliphatic heterocycles. The lowest BCUT2D eigenvalue weighted by Crippen LogP contribution is -2.62. The first kappa shape index (κ1) is 15.3. The smallest absolute Gasteiger partial charge is 0.245 e. The van der Waals surface area contributed by atoms with Crippen LogP contribution in [0.3, 0.4) is 0 Å². The van der Waals surface area contributed by atoms with E-state index in [4.69, 9.17) is 4.74 Å². The van der Waals surface area contributed by atoms with Gasteiger partial charge in [-0.25, -0.2) is 0 Å². The van der Waals surface area contributed by atoms with E-state index in [2.05, 4.69) is 5.32 Å². The van der Waals surface area contributed by atoms with Gasteiger partial charge >= 0.3 is 0 Å². The summed E-state index contributed by atoms with van der Waals surface area (Å²) in [5, 5.41) is 2.76. The number of piperazine rings is 1. The van der Waals surface area contributed by atoms with E-state index in [1.165, 1.54) is 19.3 Å². The molecule has 0 aromatic rings. The van der Waals surface area contributed by atoms with Gasteiger partial charge in [0.1, 0.15) is 12.1 Å². The Labute approximate surface area is 121 Å². The first-order chi connectivity index (χ1) is 9.63. The quantitative estimate of drug-likeness (QED) is 0.830. The van der Waals surface area contributed by atoms with Crippen LogP contribution in [0.1, 0.15) is 52.4 Å². The molecule has 1 saturated heterocycles. The maximum Gasteiger partial charge on any atom is 0.245 e. The Bertz CT molecular complexity index is 353. The topological polar surface area (TPSA) is 58.6 Å². The van der Waals surface area contributed by atoms with Crippen molar-refractivity contribution in [2.24, 2.45) is 0 Å². The molecule has 114 valence electrons. The second kappa shape index (κ2) is 7.07. The molecule has 0 radical (unpaired) electrons. The van der Waals surface area contributed by atoms with Crippen molar-refractivity contribution in [3.8, 4) is 0 Å². The molecular weight excluding hydrogens is 256 g/mol. The van der Waals surface area contributed by atoms with Crippen molar-refractivity contribution in [2.75, 3.05) is 13.2 Å². The standard InChI is InChI=1S/C15H26N2O3/c1-3-13-15(19)17(11(2)14(18)16-13)9-10-20-12-7-5-4-6-8-12/h11-13H,3-10H2,1-2H3,(H,16,18). The number of amides is 2. The first-order valence-corrected chi connectivity index (χ1v) is 7.86. The third-order valence-corrected chi connectivity index (χ3v) is 4.39. The van der Waals surface area contributed by atoms with Crippen LogP contribution >= 0.6 is 0 Å². The zero-order chi connectivity index (χ0) is 14.5. The van der Waals surface area contributed by atoms with Crippen LogP contribution in [0.2, 0.25) is 0 Å². The number of hydrogen-bond donors (Lipinski definition) is 1. The van der Waals surface area contributed by atoms with Crippen LogP contribution < -0.4 is 5.32 Å². The molecule has 1 heterocycles. The van der Waals surface area contributed by atoms with Gasteiger partial charge in [-0.2, -0.15) is 0 Å². The molecule has 0 aromatic heterocycles. The van der Waals surface area contributed by atoms with Crippen molar-refractivity contribution in [3.05, 3.63) is 0 Å². The van der Waals surface area contributed by atoms with Gasteiger partial charge in [-0.05, 0) is 26.2 Å². The van der Waals surface area contributed by atoms with Crippen molar-refractivity contribution >= 4 is 11.8 Å². The molecule has 1 aliphatic carbocycles. The normalized spacial score (nSPS) is 28.6. The van der Waals surface area contributed by atoms with Crippen molar-refractivity contribution in [1.82, 2.24) is 10.2 Å². The van der Waals surface area contributed by atoms with Crippen LogP contribution in [0.5, 0.6) is 0 Å². The molecule has 2 unspecified atom stereocenters. The van der Waals surface area contributed by atoms with Gasteiger partial charge < -0.3 is 15.0 Å². The Balaban J connectivity index is 1.82. The lowest BCUT2D eigenvalue weighted by atomic mass is 9.98. The van der Waals surface area contributed by atoms with Crippen molar-refractivity contribution < 1.29 is 14.3 Å². The summed E-state index contributed by atoms with van der Waals surface area (Å²) in [7, 11) is 0. The van der Waals surface area contributed by atoms with Crippen molar-refractivity contribution in [1.29, 1.82) is 0 Å². The van der Waals surface area contributed by atoms with Gasteiger partial charge in [0, 0.05) is 6.54 Å². The molecule has 2 fully saturated rings. The largest absolute Gasteiger partial charge is 0.376 e. The molecule has 0 aromatic carbocycles. The zero-order valence-electron chi connectivity index (χ0n) is 12.6. The van der Waals surface area contributed by atoms with Gasteiger partial charge in [0.15, 0.2) is 0 Å². The average Bonchev–Trinajstić information content (AvgIpc) is 2.47. The Morgan fingerprint density at radius 2 is 1.95 bits per heavy atom. The number of ether oxygens (including phenoxy) is 1. The number of carbonyl (C=O) groups is 2. The molecule has 2 amide bonds. The third kappa shape index (κ3) is 3.51. The summed E-state index contributed by atoms with van der Waals surface area (Å²) < 4.78 is 5.86. The molecule has 1 N–H and O–H groups in total. The zero-order valence-corrected chi connectivity index (χ0v) is 12.6. The number of carbonyl (C=O) groups excluding carboxylic acids is 2. The summed E-state index contributed by atoms with van der Waals surface area (Å²) in [5.74, 6) is -0.0408. The van der Waals surface area contributed by atoms with Crippen LogP contribution in [0.4, 0.5) is 0 Å². The minimum Gasteiger partial charge on any atom is -0.376 e. The highest BCUT2D eigenvalue weighted by molar-refractivity contribution is 5.96. The molecule has 0 spiro atoms. The minimum atomic E-state index is -0.389. The fraction of sp³-hybridized carbons (Fsp3) is 0.867. The second-order valence-electron chi connectivity index (χ2n) is 5.81. The summed E-state index contributed by atoms with van der Waals surface area (Å²) in [6.45, 7) is 4.74. The number of rotatable bonds is 5. The summed E-state index contributed by atoms with van der Waals surface area (Å²) in [6.07, 6.45) is 7.02. The highest BCUT2D eigenvalue weighted by Crippen LogP contribution is 2.20. The summed E-state index contributed by atoms with van der Waals surface area (Å²) in [5.41, 5.74) is 0. The van der Waals surface area contributed by atoms with Crippen LogP contribution in [0.25, 0.3) is 0 Å². The molecule has 2 atom stereocenters. The monoisotopic (exact) mass is 282 g/mol. The lowest BCUT2D eigenvalue weighted by Gasteiger charge is -2.37. The van der Waals surface area contributed by atoms with E-state index in [0.29, 0.717) is 25.7 Å². The van der Waals surface area contributed by atoms with Gasteiger partial charge in [-0.15, -0.1) is 0 Å². The van der Waals surface area contributed by atoms with Gasteiger partial charge in [0.25, 0.3) is 0 Å². The fourth-order valence-electron chi connectivity index (χ4n) is 3.02. The predicted molar refractivity (Wildman–Crippen MR) is 76.2 cm³/mol. The Morgan fingerprint density at radius 3 is 2.60 bits per heavy atom. The van der Waals surface area contributed by atoms with Crippen LogP contribution in [0.15, 0.2) is 0 Å². The molecular formula is C15H26N2O3. The highest BCUT2D eigenvalue weighted by Gasteiger charge is 2.36. The van der Waals surface area contributed by atoms with Gasteiger partial charge in [0.2, 0.25) is 11.8 Å². The summed E-state index contributed by atoms with van der Waals surface area (Å²) in [6, 6.07) is -0.756. The van der Waals surface area contributed by atoms with E-state index in [9.17, 15) is 9.59 Å². The number of nitrogens with zero attached hydrogens (tertiary/aromatic N) is 1. The Morgan fingerprint density at radius 1 is 1.25 bits per heavy atom. The fourth-order valence-corrected chi connectivity index (χ4v) is 3.02. The Hall–Kier alpha value is -1.10. The van der Waals surface area contributed by atoms with Gasteiger partial charge in [-0.3, -0.25) is 9.59 Å². The second-order valence-corrected chi connectivity index (χ2v) is 5.81. The molecule has 5 heteroatoms. The molecule has 0 bridgehead atoms. The maximum absolute atomic E-state index is 12.3. The van der Waals surface area contributed by atoms with E-state index in [0.717, 1.165) is 12.8 Å². The molecule has 1 saturated carbocycles. The van der Waals surface area contributed by atoms with Gasteiger partial charge in [0.05, 0.1) is 12.7 Å². The van der Waals surface area contributed by atoms with Crippen LogP contribution in [-0.2, 0) is 14.3 Å². The van der Waals surface area contributed by atoms with Crippen molar-refractivity contribution in [3.63, 3.8) is 0 Å². The summed E-state index contributed by atoms with van der Waals surface area (Å²) in [4.78, 5) is 25.8. The predicted octanol–water partition coefficient (Wildman–Crippen LogP) is 1.46. The third-order valence-electron chi connectivity index (χ3n) is 4.39. The molecule has 2 rings (SSSR count). The van der Waals surface area contributed by atoms with E-state index in [1.54, 1.807) is 11.8 Å². The molecule has 2 aliphatic rings. The Kier molecular flexibility index (Phi) is 5.40. The average molecular weight is 282 g/mol. The minimum absolute atomic E-state index is 0.0202. The van der Waals surface area contributed by atoms with E-state index in [-0.39, 0.29) is 23.9 Å². The highest BCUT2D eigenvalue weighted by atomic mass is 16.5. The SMILES string of the molecule is CCC1NC(=O)C(C)N(CCOC2CCCCC2)C1=O. The first-order valence-electron chi connectivity index (χ1n) is 7.86. The van der Waals surface area contributed by atoms with E-state index >= 15 is 0 Å². The lowest BCUT2D eigenvalue weighted by molar-refractivity contribution is -0.149. The van der Waals surface area contributed by atoms with Crippen LogP contribution in [-0.4, -0.2) is 48.1 Å². The van der Waals surface area contributed by atoms with Crippen LogP contribution in [0, 0.1) is 0 Å². The maximum atomic E-state index is 12.3. The number of nitrogens with one attached hydrogen (secondary N) is 1. The molecule has 5 nitrogen and oxygen atoms in total. The molecule has 20 heavy (non-hydrogen) atoms. The number of hydrogen-bond acceptors (Lipinski definition) is 3. The van der Waals surface area contributed by atoms with Crippen molar-refractivity contribution in [2.45, 2.75) is 70.6 Å². The summed E-state index contributed by atoms with van der Waals surface area (Å²) >= 11 is 0. The van der Waals surface area contributed by atoms with Gasteiger partial charge in [-0.1, -0.05) is 26.2 Å². The van der Waals surface area contributed by atoms with E-state index < -0.39 is 0 Å².